The van der Waals surface area contributed by atoms with E-state index in [0.717, 1.165) is 17.2 Å². The summed E-state index contributed by atoms with van der Waals surface area (Å²) in [6.45, 7) is 0.411. The number of rotatable bonds is 4. The van der Waals surface area contributed by atoms with E-state index in [-0.39, 0.29) is 0 Å². The minimum atomic E-state index is -0.628. The first-order valence-corrected chi connectivity index (χ1v) is 6.32. The van der Waals surface area contributed by atoms with Crippen LogP contribution in [-0.4, -0.2) is 29.2 Å². The molecule has 0 aliphatic heterocycles. The Morgan fingerprint density at radius 2 is 1.95 bits per heavy atom. The molecule has 0 saturated heterocycles. The molecule has 0 aliphatic carbocycles. The van der Waals surface area contributed by atoms with Crippen molar-refractivity contribution >= 4 is 0 Å². The fraction of sp³-hybridized carbons (Fsp3) is 0.214. The summed E-state index contributed by atoms with van der Waals surface area (Å²) in [5.74, 6) is 1.51. The lowest BCUT2D eigenvalue weighted by molar-refractivity contribution is 0.156. The Bertz CT molecular complexity index is 688. The molecule has 20 heavy (non-hydrogen) atoms. The van der Waals surface area contributed by atoms with Gasteiger partial charge in [0.15, 0.2) is 11.6 Å². The van der Waals surface area contributed by atoms with Gasteiger partial charge in [0.2, 0.25) is 0 Å². The molecule has 3 aromatic rings. The van der Waals surface area contributed by atoms with E-state index in [2.05, 4.69) is 15.0 Å². The van der Waals surface area contributed by atoms with E-state index in [1.54, 1.807) is 24.8 Å². The van der Waals surface area contributed by atoms with Crippen LogP contribution in [0.2, 0.25) is 0 Å². The Balaban J connectivity index is 1.86. The smallest absolute Gasteiger partial charge is 0.176 e. The van der Waals surface area contributed by atoms with Gasteiger partial charge in [0.25, 0.3) is 0 Å². The van der Waals surface area contributed by atoms with Gasteiger partial charge in [-0.15, -0.1) is 0 Å². The minimum absolute atomic E-state index is 0.411. The first-order chi connectivity index (χ1) is 9.75. The van der Waals surface area contributed by atoms with Crippen molar-refractivity contribution in [2.24, 2.45) is 7.05 Å². The first kappa shape index (κ1) is 12.6. The highest BCUT2D eigenvalue weighted by Gasteiger charge is 2.14. The summed E-state index contributed by atoms with van der Waals surface area (Å²) >= 11 is 0. The largest absolute Gasteiger partial charge is 0.386 e. The Morgan fingerprint density at radius 3 is 2.65 bits per heavy atom. The van der Waals surface area contributed by atoms with Crippen LogP contribution in [0.5, 0.6) is 0 Å². The van der Waals surface area contributed by atoms with Crippen molar-refractivity contribution in [1.29, 1.82) is 0 Å². The highest BCUT2D eigenvalue weighted by Crippen LogP contribution is 2.19. The van der Waals surface area contributed by atoms with Gasteiger partial charge in [-0.3, -0.25) is 4.98 Å². The van der Waals surface area contributed by atoms with Gasteiger partial charge < -0.3 is 14.2 Å². The zero-order valence-electron chi connectivity index (χ0n) is 11.1. The molecule has 6 nitrogen and oxygen atoms in total. The molecule has 0 spiro atoms. The molecule has 0 radical (unpaired) electrons. The topological polar surface area (TPSA) is 68.8 Å². The second-order valence-corrected chi connectivity index (χ2v) is 4.57. The van der Waals surface area contributed by atoms with Crippen LogP contribution in [0.25, 0.3) is 11.6 Å². The molecular weight excluding hydrogens is 254 g/mol. The molecule has 0 aliphatic rings. The van der Waals surface area contributed by atoms with Crippen LogP contribution in [0.1, 0.15) is 11.7 Å². The molecule has 1 unspecified atom stereocenters. The first-order valence-electron chi connectivity index (χ1n) is 6.32. The predicted molar refractivity (Wildman–Crippen MR) is 73.6 cm³/mol. The van der Waals surface area contributed by atoms with Crippen LogP contribution < -0.4 is 0 Å². The third-order valence-corrected chi connectivity index (χ3v) is 3.18. The predicted octanol–water partition coefficient (Wildman–Crippen LogP) is 1.41. The number of aryl methyl sites for hydroxylation is 1. The highest BCUT2D eigenvalue weighted by molar-refractivity contribution is 5.44. The molecule has 0 fully saturated rings. The summed E-state index contributed by atoms with van der Waals surface area (Å²) in [6.07, 6.45) is 9.87. The Morgan fingerprint density at radius 1 is 1.15 bits per heavy atom. The summed E-state index contributed by atoms with van der Waals surface area (Å²) in [5.41, 5.74) is 0.784. The van der Waals surface area contributed by atoms with E-state index < -0.39 is 6.10 Å². The van der Waals surface area contributed by atoms with Gasteiger partial charge in [-0.1, -0.05) is 6.07 Å². The van der Waals surface area contributed by atoms with Crippen LogP contribution in [0.3, 0.4) is 0 Å². The van der Waals surface area contributed by atoms with Gasteiger partial charge in [-0.2, -0.15) is 0 Å². The van der Waals surface area contributed by atoms with E-state index in [9.17, 15) is 5.11 Å². The SMILES string of the molecule is Cn1ccnc1-c1nccn1CC(O)c1cccnc1. The summed E-state index contributed by atoms with van der Waals surface area (Å²) in [6, 6.07) is 3.67. The monoisotopic (exact) mass is 269 g/mol. The molecule has 6 heteroatoms. The number of pyridine rings is 1. The van der Waals surface area contributed by atoms with Crippen LogP contribution in [0.15, 0.2) is 49.3 Å². The van der Waals surface area contributed by atoms with E-state index >= 15 is 0 Å². The molecular formula is C14H15N5O. The molecule has 0 bridgehead atoms. The Kier molecular flexibility index (Phi) is 3.30. The molecule has 0 aromatic carbocycles. The molecule has 0 saturated carbocycles. The van der Waals surface area contributed by atoms with Gasteiger partial charge in [-0.05, 0) is 6.07 Å². The minimum Gasteiger partial charge on any atom is -0.386 e. The normalized spacial score (nSPS) is 12.5. The van der Waals surface area contributed by atoms with Crippen molar-refractivity contribution in [3.05, 3.63) is 54.9 Å². The van der Waals surface area contributed by atoms with Crippen molar-refractivity contribution in [3.63, 3.8) is 0 Å². The zero-order chi connectivity index (χ0) is 13.9. The van der Waals surface area contributed by atoms with Gasteiger partial charge in [-0.25, -0.2) is 9.97 Å². The average molecular weight is 269 g/mol. The summed E-state index contributed by atoms with van der Waals surface area (Å²) in [4.78, 5) is 12.6. The third kappa shape index (κ3) is 2.33. The maximum Gasteiger partial charge on any atom is 0.176 e. The number of aliphatic hydroxyl groups excluding tert-OH is 1. The second-order valence-electron chi connectivity index (χ2n) is 4.57. The lowest BCUT2D eigenvalue weighted by atomic mass is 10.1. The number of hydrogen-bond acceptors (Lipinski definition) is 4. The molecule has 3 rings (SSSR count). The van der Waals surface area contributed by atoms with Crippen molar-refractivity contribution in [1.82, 2.24) is 24.1 Å². The van der Waals surface area contributed by atoms with E-state index in [1.807, 2.05) is 40.7 Å². The van der Waals surface area contributed by atoms with Crippen molar-refractivity contribution in [2.75, 3.05) is 0 Å². The van der Waals surface area contributed by atoms with E-state index in [1.165, 1.54) is 0 Å². The molecule has 1 N–H and O–H groups in total. The van der Waals surface area contributed by atoms with Gasteiger partial charge in [0.1, 0.15) is 0 Å². The van der Waals surface area contributed by atoms with E-state index in [4.69, 9.17) is 0 Å². The van der Waals surface area contributed by atoms with Crippen LogP contribution in [0.4, 0.5) is 0 Å². The van der Waals surface area contributed by atoms with Crippen LogP contribution >= 0.6 is 0 Å². The van der Waals surface area contributed by atoms with Crippen molar-refractivity contribution < 1.29 is 5.11 Å². The molecule has 1 atom stereocenters. The quantitative estimate of drug-likeness (QED) is 0.777. The van der Waals surface area contributed by atoms with Crippen LogP contribution in [0, 0.1) is 0 Å². The maximum atomic E-state index is 10.3. The molecule has 3 heterocycles. The van der Waals surface area contributed by atoms with Crippen molar-refractivity contribution in [2.45, 2.75) is 12.6 Å². The summed E-state index contributed by atoms with van der Waals surface area (Å²) in [7, 11) is 1.92. The third-order valence-electron chi connectivity index (χ3n) is 3.18. The molecule has 3 aromatic heterocycles. The lowest BCUT2D eigenvalue weighted by Gasteiger charge is -2.13. The van der Waals surface area contributed by atoms with Gasteiger partial charge in [0, 0.05) is 49.8 Å². The fourth-order valence-corrected chi connectivity index (χ4v) is 2.11. The fourth-order valence-electron chi connectivity index (χ4n) is 2.11. The second kappa shape index (κ2) is 5.26. The maximum absolute atomic E-state index is 10.3. The lowest BCUT2D eigenvalue weighted by Crippen LogP contribution is -2.10. The standard InChI is InChI=1S/C14H15N5O/c1-18-7-5-16-13(18)14-17-6-8-19(14)10-12(20)11-3-2-4-15-9-11/h2-9,12,20H,10H2,1H3. The molecule has 0 amide bonds. The van der Waals surface area contributed by atoms with Crippen LogP contribution in [-0.2, 0) is 13.6 Å². The highest BCUT2D eigenvalue weighted by atomic mass is 16.3. The number of hydrogen-bond donors (Lipinski definition) is 1. The average Bonchev–Trinajstić information content (AvgIpc) is 3.08. The number of aromatic nitrogens is 5. The molecule has 102 valence electrons. The summed E-state index contributed by atoms with van der Waals surface area (Å²) < 4.78 is 3.79. The van der Waals surface area contributed by atoms with E-state index in [0.29, 0.717) is 6.54 Å². The summed E-state index contributed by atoms with van der Waals surface area (Å²) in [5, 5.41) is 10.3. The number of imidazole rings is 2. The number of nitrogens with zero attached hydrogens (tertiary/aromatic N) is 5. The number of aliphatic hydroxyl groups is 1. The van der Waals surface area contributed by atoms with Gasteiger partial charge in [0.05, 0.1) is 12.6 Å². The van der Waals surface area contributed by atoms with Gasteiger partial charge >= 0.3 is 0 Å². The van der Waals surface area contributed by atoms with Crippen molar-refractivity contribution in [3.8, 4) is 11.6 Å². The Labute approximate surface area is 116 Å². The Hall–Kier alpha value is -2.47. The zero-order valence-corrected chi connectivity index (χ0v) is 11.1.